The van der Waals surface area contributed by atoms with E-state index in [4.69, 9.17) is 4.74 Å². The maximum atomic E-state index is 5.37. The van der Waals surface area contributed by atoms with Gasteiger partial charge in [0.2, 0.25) is 11.2 Å². The van der Waals surface area contributed by atoms with Gasteiger partial charge in [-0.25, -0.2) is 0 Å². The molecule has 27 heavy (non-hydrogen) atoms. The van der Waals surface area contributed by atoms with Crippen LogP contribution in [-0.4, -0.2) is 14.2 Å². The summed E-state index contributed by atoms with van der Waals surface area (Å²) in [6.07, 6.45) is 2.28. The number of hydrogen-bond acceptors (Lipinski definition) is 3. The van der Waals surface area contributed by atoms with Gasteiger partial charge in [-0.1, -0.05) is 23.4 Å². The topological polar surface area (TPSA) is 16.4 Å². The van der Waals surface area contributed by atoms with Crippen LogP contribution in [0.1, 0.15) is 18.2 Å². The third-order valence-corrected chi connectivity index (χ3v) is 6.03. The Balaban J connectivity index is 0.00000210. The van der Waals surface area contributed by atoms with Gasteiger partial charge in [-0.2, -0.15) is 4.57 Å². The van der Waals surface area contributed by atoms with Crippen molar-refractivity contribution in [2.24, 2.45) is 0 Å². The molecule has 5 heteroatoms. The molecule has 0 unspecified atom stereocenters. The van der Waals surface area contributed by atoms with E-state index in [1.165, 1.54) is 37.8 Å². The van der Waals surface area contributed by atoms with Crippen molar-refractivity contribution in [3.8, 4) is 5.75 Å². The highest BCUT2D eigenvalue weighted by molar-refractivity contribution is 8.03. The van der Waals surface area contributed by atoms with E-state index in [-0.39, 0.29) is 24.0 Å². The van der Waals surface area contributed by atoms with Gasteiger partial charge < -0.3 is 33.6 Å². The summed E-state index contributed by atoms with van der Waals surface area (Å²) in [5, 5.41) is 2.51. The zero-order valence-corrected chi connectivity index (χ0v) is 19.0. The van der Waals surface area contributed by atoms with Gasteiger partial charge in [0.15, 0.2) is 0 Å². The number of methoxy groups -OCH3 is 1. The molecule has 0 N–H and O–H groups in total. The van der Waals surface area contributed by atoms with Gasteiger partial charge in [-0.3, -0.25) is 0 Å². The van der Waals surface area contributed by atoms with Gasteiger partial charge in [-0.05, 0) is 44.2 Å². The summed E-state index contributed by atoms with van der Waals surface area (Å²) in [4.78, 5) is 3.48. The van der Waals surface area contributed by atoms with Gasteiger partial charge in [0, 0.05) is 35.5 Å². The number of hydrogen-bond donors (Lipinski definition) is 0. The molecular weight excluding hydrogens is 467 g/mol. The summed E-state index contributed by atoms with van der Waals surface area (Å²) in [7, 11) is 3.83. The first-order chi connectivity index (χ1) is 12.6. The van der Waals surface area contributed by atoms with Crippen LogP contribution in [0.25, 0.3) is 17.0 Å². The molecule has 2 aromatic carbocycles. The third kappa shape index (κ3) is 3.67. The van der Waals surface area contributed by atoms with Crippen LogP contribution in [0.4, 0.5) is 5.69 Å². The van der Waals surface area contributed by atoms with Gasteiger partial charge in [-0.15, -0.1) is 0 Å². The van der Waals surface area contributed by atoms with Crippen molar-refractivity contribution >= 4 is 34.4 Å². The molecule has 0 fully saturated rings. The van der Waals surface area contributed by atoms with Crippen molar-refractivity contribution in [2.75, 3.05) is 19.1 Å². The molecule has 0 atom stereocenters. The van der Waals surface area contributed by atoms with Gasteiger partial charge in [0.1, 0.15) is 12.3 Å². The zero-order chi connectivity index (χ0) is 18.3. The molecule has 0 radical (unpaired) electrons. The Labute approximate surface area is 182 Å². The van der Waals surface area contributed by atoms with Crippen LogP contribution >= 0.6 is 11.8 Å². The molecule has 0 saturated carbocycles. The van der Waals surface area contributed by atoms with Crippen molar-refractivity contribution in [1.29, 1.82) is 0 Å². The van der Waals surface area contributed by atoms with Gasteiger partial charge >= 0.3 is 0 Å². The summed E-state index contributed by atoms with van der Waals surface area (Å²) in [5.74, 6) is 0.899. The number of anilines is 1. The Morgan fingerprint density at radius 3 is 2.67 bits per heavy atom. The van der Waals surface area contributed by atoms with Crippen LogP contribution in [-0.2, 0) is 6.54 Å². The minimum atomic E-state index is 0. The fourth-order valence-electron chi connectivity index (χ4n) is 3.47. The normalized spacial score (nSPS) is 14.4. The Kier molecular flexibility index (Phi) is 6.01. The van der Waals surface area contributed by atoms with Crippen molar-refractivity contribution in [2.45, 2.75) is 25.3 Å². The van der Waals surface area contributed by atoms with Crippen molar-refractivity contribution in [3.05, 3.63) is 64.8 Å². The average molecular weight is 490 g/mol. The van der Waals surface area contributed by atoms with Gasteiger partial charge in [0.25, 0.3) is 0 Å². The van der Waals surface area contributed by atoms with E-state index in [9.17, 15) is 0 Å². The van der Waals surface area contributed by atoms with E-state index in [0.29, 0.717) is 0 Å². The Bertz CT molecular complexity index is 1030. The molecule has 4 rings (SSSR count). The van der Waals surface area contributed by atoms with E-state index in [1.807, 2.05) is 6.07 Å². The fourth-order valence-corrected chi connectivity index (χ4v) is 4.59. The second-order valence-electron chi connectivity index (χ2n) is 6.54. The molecule has 2 heterocycles. The number of aromatic nitrogens is 1. The smallest absolute Gasteiger partial charge is 0.212 e. The zero-order valence-electron chi connectivity index (χ0n) is 16.0. The van der Waals surface area contributed by atoms with Crippen LogP contribution in [0, 0.1) is 6.92 Å². The summed E-state index contributed by atoms with van der Waals surface area (Å²) < 4.78 is 7.74. The monoisotopic (exact) mass is 490 g/mol. The molecule has 0 spiro atoms. The highest BCUT2D eigenvalue weighted by atomic mass is 127. The lowest BCUT2D eigenvalue weighted by Gasteiger charge is -2.13. The molecule has 0 bridgehead atoms. The molecule has 3 aromatic rings. The van der Waals surface area contributed by atoms with Crippen LogP contribution < -0.4 is 38.2 Å². The predicted octanol–water partition coefficient (Wildman–Crippen LogP) is 2.01. The van der Waals surface area contributed by atoms with Crippen molar-refractivity contribution in [3.63, 3.8) is 0 Å². The first-order valence-electron chi connectivity index (χ1n) is 8.85. The minimum absolute atomic E-state index is 0. The Hall–Kier alpha value is -1.73. The molecule has 0 saturated heterocycles. The number of nitrogens with zero attached hydrogens (tertiary/aromatic N) is 2. The number of fused-ring (bicyclic) bond motifs is 2. The standard InChI is InChI=1S/C22H23N2OS.HI/c1-5-24-17(8-7-16-12-15(2)6-10-19(16)24)13-22-23(3)20-11-9-18(25-4)14-21(20)26-22;/h6-14H,5H2,1-4H3;1H/q+1;/p-1. The minimum Gasteiger partial charge on any atom is -1.00 e. The first kappa shape index (κ1) is 20.0. The fraction of sp³-hybridized carbons (Fsp3) is 0.227. The van der Waals surface area contributed by atoms with Crippen molar-refractivity contribution < 1.29 is 33.3 Å². The summed E-state index contributed by atoms with van der Waals surface area (Å²) >= 11 is 1.79. The lowest BCUT2D eigenvalue weighted by atomic mass is 10.1. The predicted molar refractivity (Wildman–Crippen MR) is 110 cm³/mol. The molecule has 0 aliphatic carbocycles. The lowest BCUT2D eigenvalue weighted by molar-refractivity contribution is -0.669. The van der Waals surface area contributed by atoms with Crippen LogP contribution in [0.15, 0.2) is 58.5 Å². The highest BCUT2D eigenvalue weighted by Crippen LogP contribution is 2.46. The maximum Gasteiger partial charge on any atom is 0.212 e. The van der Waals surface area contributed by atoms with E-state index < -0.39 is 0 Å². The van der Waals surface area contributed by atoms with E-state index >= 15 is 0 Å². The van der Waals surface area contributed by atoms with E-state index in [1.54, 1.807) is 18.9 Å². The number of rotatable bonds is 3. The Morgan fingerprint density at radius 1 is 1.11 bits per heavy atom. The Morgan fingerprint density at radius 2 is 1.93 bits per heavy atom. The average Bonchev–Trinajstić information content (AvgIpc) is 2.96. The third-order valence-electron chi connectivity index (χ3n) is 4.88. The second kappa shape index (κ2) is 8.10. The van der Waals surface area contributed by atoms with Crippen LogP contribution in [0.2, 0.25) is 0 Å². The van der Waals surface area contributed by atoms with Crippen LogP contribution in [0.5, 0.6) is 5.75 Å². The SMILES string of the molecule is CC[n+]1c(/C=C2\Sc3cc(OC)ccc3N2C)ccc2cc(C)ccc21.[I-]. The number of ether oxygens (including phenoxy) is 1. The molecular formula is C22H23IN2OS. The second-order valence-corrected chi connectivity index (χ2v) is 7.60. The molecule has 1 aliphatic heterocycles. The quantitative estimate of drug-likeness (QED) is 0.413. The molecule has 140 valence electrons. The van der Waals surface area contributed by atoms with Crippen molar-refractivity contribution in [1.82, 2.24) is 0 Å². The first-order valence-corrected chi connectivity index (χ1v) is 9.67. The number of pyridine rings is 1. The van der Waals surface area contributed by atoms with Crippen LogP contribution in [0.3, 0.4) is 0 Å². The maximum absolute atomic E-state index is 5.37. The highest BCUT2D eigenvalue weighted by Gasteiger charge is 2.24. The molecule has 1 aliphatic rings. The molecule has 3 nitrogen and oxygen atoms in total. The largest absolute Gasteiger partial charge is 1.00 e. The summed E-state index contributed by atoms with van der Waals surface area (Å²) in [6.45, 7) is 5.28. The summed E-state index contributed by atoms with van der Waals surface area (Å²) in [5.41, 5.74) is 5.01. The lowest BCUT2D eigenvalue weighted by Crippen LogP contribution is -3.00. The van der Waals surface area contributed by atoms with E-state index in [2.05, 4.69) is 78.9 Å². The molecule has 0 amide bonds. The van der Waals surface area contributed by atoms with E-state index in [0.717, 1.165) is 12.3 Å². The molecule has 1 aromatic heterocycles. The number of aryl methyl sites for hydroxylation is 2. The number of halogens is 1. The van der Waals surface area contributed by atoms with Gasteiger partial charge in [0.05, 0.1) is 17.8 Å². The number of benzene rings is 2. The number of thioether (sulfide) groups is 1. The summed E-state index contributed by atoms with van der Waals surface area (Å²) in [6, 6.07) is 17.3.